The Labute approximate surface area is 123 Å². The van der Waals surface area contributed by atoms with E-state index in [-0.39, 0.29) is 0 Å². The van der Waals surface area contributed by atoms with Gasteiger partial charge in [0.05, 0.1) is 0 Å². The molecule has 0 aromatic carbocycles. The average molecular weight is 282 g/mol. The smallest absolute Gasteiger partial charge is 0.0247 e. The number of fused-ring (bicyclic) bond motifs is 1. The van der Waals surface area contributed by atoms with Crippen molar-refractivity contribution in [2.24, 2.45) is 5.92 Å². The molecule has 0 aromatic heterocycles. The Kier molecular flexibility index (Phi) is 4.76. The highest BCUT2D eigenvalue weighted by molar-refractivity contribution is 8.00. The maximum absolute atomic E-state index is 2.86. The van der Waals surface area contributed by atoms with Gasteiger partial charge in [0.2, 0.25) is 0 Å². The second kappa shape index (κ2) is 6.36. The van der Waals surface area contributed by atoms with Gasteiger partial charge in [-0.15, -0.1) is 0 Å². The van der Waals surface area contributed by atoms with Crippen molar-refractivity contribution in [1.82, 2.24) is 9.80 Å². The normalized spacial score (nSPS) is 37.7. The van der Waals surface area contributed by atoms with Crippen molar-refractivity contribution in [3.05, 3.63) is 0 Å². The molecule has 0 bridgehead atoms. The minimum absolute atomic E-state index is 0.800. The summed E-state index contributed by atoms with van der Waals surface area (Å²) < 4.78 is 0. The number of piperazine rings is 1. The molecule has 0 aliphatic carbocycles. The van der Waals surface area contributed by atoms with Crippen LogP contribution in [0.3, 0.4) is 0 Å². The monoisotopic (exact) mass is 282 g/mol. The van der Waals surface area contributed by atoms with Crippen molar-refractivity contribution in [2.45, 2.75) is 63.3 Å². The third kappa shape index (κ3) is 3.30. The van der Waals surface area contributed by atoms with Crippen molar-refractivity contribution in [3.8, 4) is 0 Å². The lowest BCUT2D eigenvalue weighted by atomic mass is 9.92. The van der Waals surface area contributed by atoms with Crippen molar-refractivity contribution < 1.29 is 0 Å². The summed E-state index contributed by atoms with van der Waals surface area (Å²) in [6.07, 6.45) is 7.24. The van der Waals surface area contributed by atoms with E-state index in [1.807, 2.05) is 0 Å². The topological polar surface area (TPSA) is 6.48 Å². The Morgan fingerprint density at radius 3 is 2.74 bits per heavy atom. The van der Waals surface area contributed by atoms with Crippen LogP contribution in [0.5, 0.6) is 0 Å². The lowest BCUT2D eigenvalue weighted by molar-refractivity contribution is -0.00705. The molecule has 3 atom stereocenters. The summed E-state index contributed by atoms with van der Waals surface area (Å²) in [5.74, 6) is 2.20. The van der Waals surface area contributed by atoms with E-state index in [1.54, 1.807) is 0 Å². The van der Waals surface area contributed by atoms with Gasteiger partial charge in [0, 0.05) is 37.0 Å². The summed E-state index contributed by atoms with van der Waals surface area (Å²) in [5, 5.41) is 0.927. The maximum Gasteiger partial charge on any atom is 0.0247 e. The van der Waals surface area contributed by atoms with Crippen LogP contribution in [0.4, 0.5) is 0 Å². The molecule has 3 rings (SSSR count). The predicted octanol–water partition coefficient (Wildman–Crippen LogP) is 3.08. The molecule has 3 aliphatic heterocycles. The van der Waals surface area contributed by atoms with E-state index in [9.17, 15) is 0 Å². The van der Waals surface area contributed by atoms with Gasteiger partial charge in [0.25, 0.3) is 0 Å². The van der Waals surface area contributed by atoms with E-state index >= 15 is 0 Å². The van der Waals surface area contributed by atoms with Crippen LogP contribution in [0.2, 0.25) is 0 Å². The third-order valence-corrected chi connectivity index (χ3v) is 6.70. The van der Waals surface area contributed by atoms with E-state index in [4.69, 9.17) is 0 Å². The minimum Gasteiger partial charge on any atom is -0.298 e. The van der Waals surface area contributed by atoms with Gasteiger partial charge in [0.15, 0.2) is 0 Å². The Morgan fingerprint density at radius 2 is 2.00 bits per heavy atom. The molecule has 0 spiro atoms. The molecule has 0 saturated carbocycles. The number of nitrogens with zero attached hydrogens (tertiary/aromatic N) is 2. The Hall–Kier alpha value is 0.270. The third-order valence-electron chi connectivity index (χ3n) is 5.32. The highest BCUT2D eigenvalue weighted by atomic mass is 32.2. The molecular formula is C16H30N2S. The molecule has 0 radical (unpaired) electrons. The fourth-order valence-electron chi connectivity index (χ4n) is 4.16. The summed E-state index contributed by atoms with van der Waals surface area (Å²) in [4.78, 5) is 5.66. The summed E-state index contributed by atoms with van der Waals surface area (Å²) in [6.45, 7) is 10.2. The van der Waals surface area contributed by atoms with Crippen LogP contribution in [0, 0.1) is 5.92 Å². The zero-order valence-corrected chi connectivity index (χ0v) is 13.5. The van der Waals surface area contributed by atoms with Crippen molar-refractivity contribution in [1.29, 1.82) is 0 Å². The highest BCUT2D eigenvalue weighted by Crippen LogP contribution is 2.31. The molecule has 0 N–H and O–H groups in total. The van der Waals surface area contributed by atoms with Gasteiger partial charge in [-0.1, -0.05) is 20.3 Å². The molecule has 3 heterocycles. The van der Waals surface area contributed by atoms with Gasteiger partial charge >= 0.3 is 0 Å². The fourth-order valence-corrected chi connectivity index (χ4v) is 5.46. The van der Waals surface area contributed by atoms with Gasteiger partial charge < -0.3 is 0 Å². The number of hydrogen-bond donors (Lipinski definition) is 0. The van der Waals surface area contributed by atoms with Crippen LogP contribution in [0.1, 0.15) is 46.0 Å². The van der Waals surface area contributed by atoms with E-state index < -0.39 is 0 Å². The lowest BCUT2D eigenvalue weighted by Crippen LogP contribution is -2.61. The molecule has 0 amide bonds. The zero-order valence-electron chi connectivity index (χ0n) is 12.7. The standard InChI is InChI=1S/C16H30N2S/c1-13(2)16-12-17-8-4-3-6-14(17)10-18(16)11-15-7-5-9-19-15/h13-16H,3-12H2,1-2H3. The van der Waals surface area contributed by atoms with Gasteiger partial charge in [-0.05, 0) is 43.9 Å². The molecule has 3 heteroatoms. The van der Waals surface area contributed by atoms with Crippen LogP contribution >= 0.6 is 11.8 Å². The highest BCUT2D eigenvalue weighted by Gasteiger charge is 2.37. The van der Waals surface area contributed by atoms with Crippen LogP contribution in [0.25, 0.3) is 0 Å². The van der Waals surface area contributed by atoms with Crippen molar-refractivity contribution >= 4 is 11.8 Å². The first-order valence-corrected chi connectivity index (χ1v) is 9.38. The number of piperidine rings is 1. The van der Waals surface area contributed by atoms with E-state index in [2.05, 4.69) is 35.4 Å². The second-order valence-corrected chi connectivity index (χ2v) is 8.45. The first kappa shape index (κ1) is 14.2. The molecular weight excluding hydrogens is 252 g/mol. The van der Waals surface area contributed by atoms with Crippen molar-refractivity contribution in [3.63, 3.8) is 0 Å². The van der Waals surface area contributed by atoms with Gasteiger partial charge in [-0.25, -0.2) is 0 Å². The largest absolute Gasteiger partial charge is 0.298 e. The zero-order chi connectivity index (χ0) is 13.2. The SMILES string of the molecule is CC(C)C1CN2CCCCC2CN1CC1CCCS1. The van der Waals surface area contributed by atoms with Gasteiger partial charge in [0.1, 0.15) is 0 Å². The quantitative estimate of drug-likeness (QED) is 0.785. The average Bonchev–Trinajstić information content (AvgIpc) is 2.90. The first-order valence-electron chi connectivity index (χ1n) is 8.33. The van der Waals surface area contributed by atoms with E-state index in [0.717, 1.165) is 23.3 Å². The van der Waals surface area contributed by atoms with Gasteiger partial charge in [-0.3, -0.25) is 9.80 Å². The number of rotatable bonds is 3. The predicted molar refractivity (Wildman–Crippen MR) is 84.9 cm³/mol. The number of hydrogen-bond acceptors (Lipinski definition) is 3. The summed E-state index contributed by atoms with van der Waals surface area (Å²) in [6, 6.07) is 1.67. The van der Waals surface area contributed by atoms with Gasteiger partial charge in [-0.2, -0.15) is 11.8 Å². The van der Waals surface area contributed by atoms with E-state index in [0.29, 0.717) is 0 Å². The Bertz CT molecular complexity index is 288. The number of thioether (sulfide) groups is 1. The first-order chi connectivity index (χ1) is 9.24. The minimum atomic E-state index is 0.800. The molecule has 3 unspecified atom stereocenters. The van der Waals surface area contributed by atoms with Crippen LogP contribution in [-0.2, 0) is 0 Å². The molecule has 0 aromatic rings. The molecule has 2 nitrogen and oxygen atoms in total. The molecule has 3 fully saturated rings. The van der Waals surface area contributed by atoms with Crippen LogP contribution in [0.15, 0.2) is 0 Å². The second-order valence-electron chi connectivity index (χ2n) is 7.04. The summed E-state index contributed by atoms with van der Waals surface area (Å²) in [5.41, 5.74) is 0. The molecule has 110 valence electrons. The molecule has 19 heavy (non-hydrogen) atoms. The Balaban J connectivity index is 1.64. The van der Waals surface area contributed by atoms with Crippen molar-refractivity contribution in [2.75, 3.05) is 31.9 Å². The summed E-state index contributed by atoms with van der Waals surface area (Å²) >= 11 is 2.22. The Morgan fingerprint density at radius 1 is 1.11 bits per heavy atom. The fraction of sp³-hybridized carbons (Fsp3) is 1.00. The lowest BCUT2D eigenvalue weighted by Gasteiger charge is -2.50. The maximum atomic E-state index is 2.86. The van der Waals surface area contributed by atoms with E-state index in [1.165, 1.54) is 64.0 Å². The summed E-state index contributed by atoms with van der Waals surface area (Å²) in [7, 11) is 0. The molecule has 3 saturated heterocycles. The van der Waals surface area contributed by atoms with Crippen LogP contribution < -0.4 is 0 Å². The van der Waals surface area contributed by atoms with Crippen LogP contribution in [-0.4, -0.2) is 59.1 Å². The molecule has 3 aliphatic rings.